The Hall–Kier alpha value is -3.14. The lowest BCUT2D eigenvalue weighted by Crippen LogP contribution is -2.28. The molecule has 29 heavy (non-hydrogen) atoms. The van der Waals surface area contributed by atoms with Crippen LogP contribution in [0.5, 0.6) is 5.75 Å². The van der Waals surface area contributed by atoms with Crippen molar-refractivity contribution in [1.29, 1.82) is 0 Å². The molecule has 4 heteroatoms. The van der Waals surface area contributed by atoms with Gasteiger partial charge in [0, 0.05) is 18.3 Å². The summed E-state index contributed by atoms with van der Waals surface area (Å²) in [7, 11) is 1.76. The first kappa shape index (κ1) is 22.2. The number of ether oxygens (including phenoxy) is 1. The Kier molecular flexibility index (Phi) is 7.96. The Morgan fingerprint density at radius 2 is 1.55 bits per heavy atom. The van der Waals surface area contributed by atoms with Gasteiger partial charge in [0.1, 0.15) is 5.75 Å². The van der Waals surface area contributed by atoms with Gasteiger partial charge in [0.2, 0.25) is 0 Å². The minimum Gasteiger partial charge on any atom is -0.429 e. The van der Waals surface area contributed by atoms with E-state index < -0.39 is 0 Å². The lowest BCUT2D eigenvalue weighted by Gasteiger charge is -2.22. The predicted octanol–water partition coefficient (Wildman–Crippen LogP) is 5.46. The van der Waals surface area contributed by atoms with Crippen LogP contribution in [-0.2, 0) is 9.59 Å². The molecule has 0 saturated carbocycles. The highest BCUT2D eigenvalue weighted by molar-refractivity contribution is 6.06. The molecule has 0 unspecified atom stereocenters. The quantitative estimate of drug-likeness (QED) is 0.650. The second-order valence-corrected chi connectivity index (χ2v) is 7.39. The van der Waals surface area contributed by atoms with Gasteiger partial charge in [0.25, 0.3) is 12.4 Å². The van der Waals surface area contributed by atoms with E-state index in [1.165, 1.54) is 16.7 Å². The maximum Gasteiger partial charge on any atom is 0.298 e. The van der Waals surface area contributed by atoms with Gasteiger partial charge < -0.3 is 9.64 Å². The number of amides is 1. The molecule has 2 aromatic rings. The third-order valence-electron chi connectivity index (χ3n) is 4.87. The third kappa shape index (κ3) is 6.46. The number of hydrogen-bond acceptors (Lipinski definition) is 3. The first-order valence-electron chi connectivity index (χ1n) is 9.70. The minimum atomic E-state index is 0.00547. The van der Waals surface area contributed by atoms with Crippen LogP contribution in [0.4, 0.5) is 5.69 Å². The minimum absolute atomic E-state index is 0.00547. The monoisotopic (exact) mass is 391 g/mol. The summed E-state index contributed by atoms with van der Waals surface area (Å²) in [5.74, 6) is 0.480. The summed E-state index contributed by atoms with van der Waals surface area (Å²) in [5, 5.41) is 0. The van der Waals surface area contributed by atoms with E-state index in [1.54, 1.807) is 30.1 Å². The standard InChI is InChI=1S/C17H19NO3.C8H10/c1-12-4-6-14(7-5-12)17(20)18(3)16-9-8-15(21-11-19)10-13(16)2;1-7-3-5-8(2)6-4-7/h4,6,8-11H,5,7H2,1-3H3;3-6H,1-2H3. The topological polar surface area (TPSA) is 46.6 Å². The highest BCUT2D eigenvalue weighted by Crippen LogP contribution is 2.27. The maximum absolute atomic E-state index is 12.5. The molecule has 0 spiro atoms. The van der Waals surface area contributed by atoms with Gasteiger partial charge >= 0.3 is 0 Å². The molecular formula is C25H29NO3. The number of anilines is 1. The average molecular weight is 392 g/mol. The van der Waals surface area contributed by atoms with Crippen LogP contribution >= 0.6 is 0 Å². The van der Waals surface area contributed by atoms with Crippen LogP contribution in [0.2, 0.25) is 0 Å². The molecule has 0 N–H and O–H groups in total. The van der Waals surface area contributed by atoms with E-state index in [9.17, 15) is 9.59 Å². The van der Waals surface area contributed by atoms with Crippen LogP contribution in [0.25, 0.3) is 0 Å². The average Bonchev–Trinajstić information content (AvgIpc) is 2.71. The van der Waals surface area contributed by atoms with Crippen molar-refractivity contribution in [3.8, 4) is 5.75 Å². The molecule has 0 radical (unpaired) electrons. The molecule has 0 bridgehead atoms. The van der Waals surface area contributed by atoms with Crippen molar-refractivity contribution >= 4 is 18.1 Å². The first-order valence-corrected chi connectivity index (χ1v) is 9.70. The fourth-order valence-electron chi connectivity index (χ4n) is 3.01. The fraction of sp³-hybridized carbons (Fsp3) is 0.280. The van der Waals surface area contributed by atoms with Crippen molar-refractivity contribution in [2.45, 2.75) is 40.5 Å². The van der Waals surface area contributed by atoms with Gasteiger partial charge in [-0.2, -0.15) is 0 Å². The van der Waals surface area contributed by atoms with E-state index in [4.69, 9.17) is 4.74 Å². The summed E-state index contributed by atoms with van der Waals surface area (Å²) in [4.78, 5) is 24.5. The largest absolute Gasteiger partial charge is 0.429 e. The molecule has 0 saturated heterocycles. The summed E-state index contributed by atoms with van der Waals surface area (Å²) < 4.78 is 4.81. The molecule has 0 fully saturated rings. The molecule has 1 amide bonds. The number of nitrogens with zero attached hydrogens (tertiary/aromatic N) is 1. The van der Waals surface area contributed by atoms with Crippen LogP contribution in [0.1, 0.15) is 36.5 Å². The zero-order valence-corrected chi connectivity index (χ0v) is 17.9. The Labute approximate surface area is 173 Å². The lowest BCUT2D eigenvalue weighted by molar-refractivity contribution is -0.120. The summed E-state index contributed by atoms with van der Waals surface area (Å²) >= 11 is 0. The molecule has 0 aromatic heterocycles. The Morgan fingerprint density at radius 1 is 0.931 bits per heavy atom. The van der Waals surface area contributed by atoms with Gasteiger partial charge in [-0.1, -0.05) is 53.1 Å². The van der Waals surface area contributed by atoms with Crippen molar-refractivity contribution in [3.63, 3.8) is 0 Å². The number of benzene rings is 2. The highest BCUT2D eigenvalue weighted by atomic mass is 16.5. The van der Waals surface area contributed by atoms with Crippen molar-refractivity contribution in [2.24, 2.45) is 0 Å². The van der Waals surface area contributed by atoms with Crippen LogP contribution in [-0.4, -0.2) is 19.4 Å². The number of allylic oxidation sites excluding steroid dienone is 3. The number of likely N-dealkylation sites (N-methyl/N-ethyl adjacent to an activating group) is 1. The van der Waals surface area contributed by atoms with Crippen molar-refractivity contribution in [3.05, 3.63) is 82.5 Å². The molecule has 152 valence electrons. The van der Waals surface area contributed by atoms with E-state index in [1.807, 2.05) is 19.1 Å². The van der Waals surface area contributed by atoms with Crippen LogP contribution < -0.4 is 9.64 Å². The molecular weight excluding hydrogens is 362 g/mol. The highest BCUT2D eigenvalue weighted by Gasteiger charge is 2.19. The number of carbonyl (C=O) groups is 2. The smallest absolute Gasteiger partial charge is 0.298 e. The van der Waals surface area contributed by atoms with Gasteiger partial charge in [0.15, 0.2) is 0 Å². The summed E-state index contributed by atoms with van der Waals surface area (Å²) in [5.41, 5.74) is 6.46. The molecule has 4 nitrogen and oxygen atoms in total. The Morgan fingerprint density at radius 3 is 2.03 bits per heavy atom. The number of carbonyl (C=O) groups excluding carboxylic acids is 2. The number of rotatable bonds is 4. The SMILES string of the molecule is CC1=CC=C(C(=O)N(C)c2ccc(OC=O)cc2C)CC1.Cc1ccc(C)cc1. The number of aryl methyl sites for hydroxylation is 3. The molecule has 3 rings (SSSR count). The fourth-order valence-corrected chi connectivity index (χ4v) is 3.01. The second kappa shape index (κ2) is 10.4. The Bertz CT molecular complexity index is 903. The van der Waals surface area contributed by atoms with E-state index >= 15 is 0 Å². The molecule has 1 aliphatic rings. The predicted molar refractivity (Wildman–Crippen MR) is 118 cm³/mol. The van der Waals surface area contributed by atoms with Gasteiger partial charge in [-0.05, 0) is 64.3 Å². The molecule has 0 heterocycles. The lowest BCUT2D eigenvalue weighted by atomic mass is 9.98. The summed E-state index contributed by atoms with van der Waals surface area (Å²) in [6.07, 6.45) is 5.60. The summed E-state index contributed by atoms with van der Waals surface area (Å²) in [6.45, 7) is 8.54. The van der Waals surface area contributed by atoms with Gasteiger partial charge in [0.05, 0.1) is 0 Å². The number of hydrogen-bond donors (Lipinski definition) is 0. The van der Waals surface area contributed by atoms with E-state index in [0.29, 0.717) is 12.2 Å². The van der Waals surface area contributed by atoms with Crippen molar-refractivity contribution in [1.82, 2.24) is 0 Å². The first-order chi connectivity index (χ1) is 13.8. The van der Waals surface area contributed by atoms with Gasteiger partial charge in [-0.15, -0.1) is 0 Å². The maximum atomic E-state index is 12.5. The van der Waals surface area contributed by atoms with Crippen LogP contribution in [0.3, 0.4) is 0 Å². The van der Waals surface area contributed by atoms with Gasteiger partial charge in [-0.3, -0.25) is 9.59 Å². The van der Waals surface area contributed by atoms with Crippen molar-refractivity contribution in [2.75, 3.05) is 11.9 Å². The van der Waals surface area contributed by atoms with E-state index in [2.05, 4.69) is 45.0 Å². The van der Waals surface area contributed by atoms with Gasteiger partial charge in [-0.25, -0.2) is 0 Å². The van der Waals surface area contributed by atoms with Crippen LogP contribution in [0.15, 0.2) is 65.8 Å². The van der Waals surface area contributed by atoms with Crippen molar-refractivity contribution < 1.29 is 14.3 Å². The molecule has 2 aromatic carbocycles. The molecule has 1 aliphatic carbocycles. The second-order valence-electron chi connectivity index (χ2n) is 7.39. The normalized spacial score (nSPS) is 12.7. The zero-order valence-electron chi connectivity index (χ0n) is 17.9. The summed E-state index contributed by atoms with van der Waals surface area (Å²) in [6, 6.07) is 13.7. The van der Waals surface area contributed by atoms with Crippen LogP contribution in [0, 0.1) is 20.8 Å². The Balaban J connectivity index is 0.000000313. The van der Waals surface area contributed by atoms with E-state index in [0.717, 1.165) is 29.7 Å². The molecule has 0 aliphatic heterocycles. The molecule has 0 atom stereocenters. The zero-order chi connectivity index (χ0) is 21.4. The third-order valence-corrected chi connectivity index (χ3v) is 4.87. The van der Waals surface area contributed by atoms with E-state index in [-0.39, 0.29) is 5.91 Å².